The molecule has 2 aliphatic heterocycles. The number of hydrogen-bond acceptors (Lipinski definition) is 6. The Kier molecular flexibility index (Phi) is 5.68. The summed E-state index contributed by atoms with van der Waals surface area (Å²) in [7, 11) is -1.92. The Labute approximate surface area is 158 Å². The van der Waals surface area contributed by atoms with Crippen LogP contribution in [0.2, 0.25) is 0 Å². The van der Waals surface area contributed by atoms with Gasteiger partial charge >= 0.3 is 0 Å². The Morgan fingerprint density at radius 1 is 1.30 bits per heavy atom. The Balaban J connectivity index is 1.69. The normalized spacial score (nSPS) is 19.0. The van der Waals surface area contributed by atoms with Crippen LogP contribution in [0.15, 0.2) is 23.1 Å². The third-order valence-corrected chi connectivity index (χ3v) is 6.60. The number of fused-ring (bicyclic) bond motifs is 1. The third kappa shape index (κ3) is 4.07. The largest absolute Gasteiger partial charge is 0.482 e. The maximum absolute atomic E-state index is 12.9. The molecule has 0 bridgehead atoms. The predicted octanol–water partition coefficient (Wildman–Crippen LogP) is -0.294. The molecule has 2 N–H and O–H groups in total. The molecular weight excluding hydrogens is 372 g/mol. The highest BCUT2D eigenvalue weighted by Crippen LogP contribution is 2.31. The Morgan fingerprint density at radius 3 is 2.67 bits per heavy atom. The van der Waals surface area contributed by atoms with Gasteiger partial charge in [-0.2, -0.15) is 4.31 Å². The zero-order valence-electron chi connectivity index (χ0n) is 15.4. The number of nitrogens with one attached hydrogen (secondary N) is 2. The second kappa shape index (κ2) is 7.83. The molecule has 0 spiro atoms. The van der Waals surface area contributed by atoms with Gasteiger partial charge in [-0.1, -0.05) is 6.92 Å². The molecule has 0 saturated carbocycles. The molecule has 3 rings (SSSR count). The lowest BCUT2D eigenvalue weighted by Crippen LogP contribution is -2.52. The summed E-state index contributed by atoms with van der Waals surface area (Å²) in [5.74, 6) is -0.000181. The Morgan fingerprint density at radius 2 is 2.00 bits per heavy atom. The van der Waals surface area contributed by atoms with Gasteiger partial charge in [-0.15, -0.1) is 0 Å². The number of rotatable bonds is 5. The number of carbonyl (C=O) groups is 2. The molecule has 9 nitrogen and oxygen atoms in total. The highest BCUT2D eigenvalue weighted by atomic mass is 32.2. The van der Waals surface area contributed by atoms with Crippen molar-refractivity contribution in [3.05, 3.63) is 18.2 Å². The number of hydrogen-bond donors (Lipinski definition) is 2. The first kappa shape index (κ1) is 19.6. The summed E-state index contributed by atoms with van der Waals surface area (Å²) >= 11 is 0. The molecule has 0 radical (unpaired) electrons. The first-order valence-corrected chi connectivity index (χ1v) is 10.3. The van der Waals surface area contributed by atoms with Crippen LogP contribution in [0.3, 0.4) is 0 Å². The van der Waals surface area contributed by atoms with E-state index in [1.165, 1.54) is 16.4 Å². The van der Waals surface area contributed by atoms with Crippen LogP contribution in [0.4, 0.5) is 5.69 Å². The molecule has 2 heterocycles. The maximum Gasteiger partial charge on any atom is 0.262 e. The molecule has 1 saturated heterocycles. The average Bonchev–Trinajstić information content (AvgIpc) is 2.67. The monoisotopic (exact) mass is 396 g/mol. The van der Waals surface area contributed by atoms with E-state index in [-0.39, 0.29) is 42.3 Å². The maximum atomic E-state index is 12.9. The van der Waals surface area contributed by atoms with E-state index in [1.807, 2.05) is 6.92 Å². The number of nitrogens with zero attached hydrogens (tertiary/aromatic N) is 2. The second-order valence-corrected chi connectivity index (χ2v) is 8.62. The Hall–Kier alpha value is -2.17. The molecule has 1 fully saturated rings. The molecule has 1 aromatic carbocycles. The van der Waals surface area contributed by atoms with Gasteiger partial charge < -0.3 is 20.3 Å². The first-order valence-electron chi connectivity index (χ1n) is 8.83. The van der Waals surface area contributed by atoms with Crippen LogP contribution in [0, 0.1) is 5.92 Å². The minimum absolute atomic E-state index is 0.0232. The second-order valence-electron chi connectivity index (χ2n) is 6.68. The molecule has 0 aliphatic carbocycles. The fourth-order valence-electron chi connectivity index (χ4n) is 3.23. The average molecular weight is 396 g/mol. The van der Waals surface area contributed by atoms with E-state index in [0.717, 1.165) is 0 Å². The zero-order chi connectivity index (χ0) is 19.6. The van der Waals surface area contributed by atoms with Crippen LogP contribution < -0.4 is 15.4 Å². The number of piperazine rings is 1. The van der Waals surface area contributed by atoms with Crippen LogP contribution in [0.1, 0.15) is 6.92 Å². The fraction of sp³-hybridized carbons (Fsp3) is 0.529. The smallest absolute Gasteiger partial charge is 0.262 e. The van der Waals surface area contributed by atoms with Gasteiger partial charge in [-0.25, -0.2) is 8.42 Å². The van der Waals surface area contributed by atoms with Crippen molar-refractivity contribution in [1.82, 2.24) is 14.5 Å². The van der Waals surface area contributed by atoms with Gasteiger partial charge in [0, 0.05) is 38.6 Å². The number of benzene rings is 1. The molecule has 148 valence electrons. The molecule has 1 atom stereocenters. The van der Waals surface area contributed by atoms with Crippen molar-refractivity contribution in [2.45, 2.75) is 11.8 Å². The highest BCUT2D eigenvalue weighted by Gasteiger charge is 2.32. The van der Waals surface area contributed by atoms with Crippen molar-refractivity contribution in [1.29, 1.82) is 0 Å². The van der Waals surface area contributed by atoms with Crippen molar-refractivity contribution in [2.24, 2.45) is 5.92 Å². The predicted molar refractivity (Wildman–Crippen MR) is 99.0 cm³/mol. The lowest BCUT2D eigenvalue weighted by Gasteiger charge is -2.35. The number of ether oxygens (including phenoxy) is 1. The van der Waals surface area contributed by atoms with Gasteiger partial charge in [0.2, 0.25) is 15.9 Å². The Bertz CT molecular complexity index is 834. The molecule has 1 aromatic rings. The highest BCUT2D eigenvalue weighted by molar-refractivity contribution is 7.89. The van der Waals surface area contributed by atoms with Gasteiger partial charge in [-0.3, -0.25) is 9.59 Å². The van der Waals surface area contributed by atoms with Gasteiger partial charge in [0.25, 0.3) is 5.91 Å². The lowest BCUT2D eigenvalue weighted by atomic mass is 10.1. The van der Waals surface area contributed by atoms with E-state index >= 15 is 0 Å². The van der Waals surface area contributed by atoms with Crippen molar-refractivity contribution in [3.8, 4) is 5.75 Å². The molecule has 27 heavy (non-hydrogen) atoms. The molecule has 2 aliphatic rings. The summed E-state index contributed by atoms with van der Waals surface area (Å²) in [6.45, 7) is 3.54. The molecule has 2 amide bonds. The summed E-state index contributed by atoms with van der Waals surface area (Å²) in [4.78, 5) is 25.6. The number of sulfonamides is 1. The summed E-state index contributed by atoms with van der Waals surface area (Å²) < 4.78 is 32.5. The van der Waals surface area contributed by atoms with E-state index in [0.29, 0.717) is 31.1 Å². The van der Waals surface area contributed by atoms with Crippen LogP contribution in [-0.4, -0.2) is 75.8 Å². The molecular formula is C17H24N4O5S. The number of anilines is 1. The van der Waals surface area contributed by atoms with Gasteiger partial charge in [0.1, 0.15) is 5.75 Å². The van der Waals surface area contributed by atoms with Crippen LogP contribution in [0.5, 0.6) is 5.75 Å². The number of amides is 2. The van der Waals surface area contributed by atoms with E-state index in [1.54, 1.807) is 18.0 Å². The van der Waals surface area contributed by atoms with Crippen molar-refractivity contribution >= 4 is 27.5 Å². The lowest BCUT2D eigenvalue weighted by molar-refractivity contribution is -0.136. The quantitative estimate of drug-likeness (QED) is 0.708. The SMILES string of the molecule is CNCC(C)C(=O)N1CCN(S(=O)(=O)c2ccc3c(c2)NC(=O)CO3)CC1. The molecule has 0 aromatic heterocycles. The van der Waals surface area contributed by atoms with E-state index in [9.17, 15) is 18.0 Å². The summed E-state index contributed by atoms with van der Waals surface area (Å²) in [5.41, 5.74) is 0.349. The minimum Gasteiger partial charge on any atom is -0.482 e. The van der Waals surface area contributed by atoms with Crippen LogP contribution in [-0.2, 0) is 19.6 Å². The van der Waals surface area contributed by atoms with Crippen molar-refractivity contribution < 1.29 is 22.7 Å². The zero-order valence-corrected chi connectivity index (χ0v) is 16.2. The topological polar surface area (TPSA) is 108 Å². The van der Waals surface area contributed by atoms with Crippen molar-refractivity contribution in [2.75, 3.05) is 51.7 Å². The van der Waals surface area contributed by atoms with E-state index in [2.05, 4.69) is 10.6 Å². The summed E-state index contributed by atoms with van der Waals surface area (Å²) in [5, 5.41) is 5.59. The van der Waals surface area contributed by atoms with E-state index < -0.39 is 10.0 Å². The third-order valence-electron chi connectivity index (χ3n) is 4.70. The van der Waals surface area contributed by atoms with Gasteiger partial charge in [0.15, 0.2) is 6.61 Å². The van der Waals surface area contributed by atoms with Crippen molar-refractivity contribution in [3.63, 3.8) is 0 Å². The summed E-state index contributed by atoms with van der Waals surface area (Å²) in [6.07, 6.45) is 0. The minimum atomic E-state index is -3.72. The van der Waals surface area contributed by atoms with Crippen LogP contribution in [0.25, 0.3) is 0 Å². The first-order chi connectivity index (χ1) is 12.8. The standard InChI is InChI=1S/C17H24N4O5S/c1-12(10-18-2)17(23)20-5-7-21(8-6-20)27(24,25)13-3-4-15-14(9-13)19-16(22)11-26-15/h3-4,9,12,18H,5-8,10-11H2,1-2H3,(H,19,22). The fourth-order valence-corrected chi connectivity index (χ4v) is 4.67. The summed E-state index contributed by atoms with van der Waals surface area (Å²) in [6, 6.07) is 4.42. The van der Waals surface area contributed by atoms with Crippen LogP contribution >= 0.6 is 0 Å². The van der Waals surface area contributed by atoms with Gasteiger partial charge in [-0.05, 0) is 25.2 Å². The van der Waals surface area contributed by atoms with E-state index in [4.69, 9.17) is 4.74 Å². The van der Waals surface area contributed by atoms with Gasteiger partial charge in [0.05, 0.1) is 10.6 Å². The molecule has 1 unspecified atom stereocenters. The number of carbonyl (C=O) groups excluding carboxylic acids is 2. The molecule has 10 heteroatoms.